The van der Waals surface area contributed by atoms with Crippen LogP contribution in [0.15, 0.2) is 22.8 Å². The van der Waals surface area contributed by atoms with Crippen LogP contribution in [-0.2, 0) is 67.9 Å². The Balaban J connectivity index is -0.0000000410. The van der Waals surface area contributed by atoms with E-state index in [1.54, 1.807) is 6.26 Å². The van der Waals surface area contributed by atoms with Crippen LogP contribution in [0.1, 0.15) is 44.8 Å². The third-order valence-corrected chi connectivity index (χ3v) is 2.12. The molecule has 1 aromatic rings. The summed E-state index contributed by atoms with van der Waals surface area (Å²) in [5.41, 5.74) is 0. The van der Waals surface area contributed by atoms with E-state index in [0.29, 0.717) is 0 Å². The second kappa shape index (κ2) is 84.5. The van der Waals surface area contributed by atoms with Gasteiger partial charge in [0.15, 0.2) is 0 Å². The van der Waals surface area contributed by atoms with Crippen molar-refractivity contribution in [1.29, 1.82) is 0 Å². The summed E-state index contributed by atoms with van der Waals surface area (Å²) in [6.07, 6.45) is 8.64. The minimum atomic E-state index is 0. The van der Waals surface area contributed by atoms with Crippen molar-refractivity contribution in [3.8, 4) is 11.8 Å². The van der Waals surface area contributed by atoms with Crippen molar-refractivity contribution in [2.75, 3.05) is 0 Å². The molecule has 0 saturated heterocycles. The number of hydrogen-bond acceptors (Lipinski definition) is 1. The molecule has 0 aromatic carbocycles. The number of hydrogen-bond donors (Lipinski definition) is 0. The zero-order valence-corrected chi connectivity index (χ0v) is 17.1. The summed E-state index contributed by atoms with van der Waals surface area (Å²) in [4.78, 5) is 0. The molecule has 7 nitrogen and oxygen atoms in total. The summed E-state index contributed by atoms with van der Waals surface area (Å²) in [6.45, 7) is 29.2. The van der Waals surface area contributed by atoms with Gasteiger partial charge in [0.2, 0.25) is 0 Å². The van der Waals surface area contributed by atoms with Crippen LogP contribution in [-0.4, -0.2) is 0 Å². The van der Waals surface area contributed by atoms with Crippen molar-refractivity contribution in [2.24, 2.45) is 0 Å². The van der Waals surface area contributed by atoms with Gasteiger partial charge in [0.05, 0.1) is 12.7 Å². The van der Waals surface area contributed by atoms with E-state index in [1.807, 2.05) is 12.1 Å². The Hall–Kier alpha value is -1.71. The molecule has 1 heterocycles. The molecule has 0 amide bonds. The van der Waals surface area contributed by atoms with Crippen molar-refractivity contribution < 1.29 is 65.9 Å². The largest absolute Gasteiger partial charge is 0 e. The van der Waals surface area contributed by atoms with Gasteiger partial charge in [-0.2, -0.15) is 0 Å². The maximum atomic E-state index is 7.50. The Morgan fingerprint density at radius 1 is 0.750 bits per heavy atom. The predicted molar refractivity (Wildman–Crippen MR) is 82.5 cm³/mol. The van der Waals surface area contributed by atoms with Crippen LogP contribution in [0.3, 0.4) is 0 Å². The molecule has 9 heteroatoms. The fraction of sp³-hybridized carbons (Fsp3) is 0.368. The average molecular weight is 476 g/mol. The third-order valence-electron chi connectivity index (χ3n) is 2.12. The molecule has 0 aliphatic heterocycles. The fourth-order valence-electron chi connectivity index (χ4n) is 1.29. The minimum Gasteiger partial charge on any atom is 0 e. The van der Waals surface area contributed by atoms with Crippen molar-refractivity contribution in [1.82, 2.24) is 0 Å². The van der Waals surface area contributed by atoms with E-state index in [1.165, 1.54) is 25.7 Å². The fourth-order valence-corrected chi connectivity index (χ4v) is 1.29. The Bertz CT molecular complexity index is 469. The summed E-state index contributed by atoms with van der Waals surface area (Å²) >= 11 is 0. The summed E-state index contributed by atoms with van der Waals surface area (Å²) in [5, 5.41) is 0. The molecule has 0 atom stereocenters. The summed E-state index contributed by atoms with van der Waals surface area (Å²) in [6, 6.07) is 3.87. The molecule has 0 N–H and O–H groups in total. The Kier molecular flexibility index (Phi) is 152. The standard InChI is InChI=1S/C13H18O.6CO.2Co/c1-2-3-4-5-6-7-8-10-13-11-9-12-14-13;6*1-2;;/h9,11-12H,2-6,10H2,1H3;;;;;;;;. The van der Waals surface area contributed by atoms with Gasteiger partial charge in [-0.15, -0.1) is 5.92 Å². The topological polar surface area (TPSA) is 133 Å². The van der Waals surface area contributed by atoms with Crippen LogP contribution in [0.25, 0.3) is 0 Å². The summed E-state index contributed by atoms with van der Waals surface area (Å²) < 4.78 is 50.2. The van der Waals surface area contributed by atoms with E-state index in [2.05, 4.69) is 58.7 Å². The molecule has 0 aliphatic rings. The molecule has 0 unspecified atom stereocenters. The second-order valence-electron chi connectivity index (χ2n) is 3.42. The van der Waals surface area contributed by atoms with E-state index < -0.39 is 0 Å². The first-order valence-electron chi connectivity index (χ1n) is 6.64. The maximum Gasteiger partial charge on any atom is 0 e. The molecular weight excluding hydrogens is 458 g/mol. The molecular formula is C19H18Co2O7. The number of furan rings is 1. The van der Waals surface area contributed by atoms with Gasteiger partial charge in [-0.1, -0.05) is 32.1 Å². The average Bonchev–Trinajstić information content (AvgIpc) is 3.30. The molecule has 0 spiro atoms. The van der Waals surface area contributed by atoms with Gasteiger partial charge < -0.3 is 4.42 Å². The van der Waals surface area contributed by atoms with E-state index in [4.69, 9.17) is 32.3 Å². The summed E-state index contributed by atoms with van der Waals surface area (Å²) in [7, 11) is 0. The quantitative estimate of drug-likeness (QED) is 0.273. The van der Waals surface area contributed by atoms with Gasteiger partial charge in [0, 0.05) is 40.0 Å². The van der Waals surface area contributed by atoms with Crippen LogP contribution in [0.2, 0.25) is 0 Å². The first-order valence-corrected chi connectivity index (χ1v) is 6.64. The molecule has 0 fully saturated rings. The first kappa shape index (κ1) is 50.3. The first-order chi connectivity index (χ1) is 12.9. The number of rotatable bonds is 5. The van der Waals surface area contributed by atoms with Gasteiger partial charge >= 0.3 is 67.8 Å². The predicted octanol–water partition coefficient (Wildman–Crippen LogP) is 3.57. The Labute approximate surface area is 187 Å². The van der Waals surface area contributed by atoms with Crippen LogP contribution in [0.5, 0.6) is 0 Å². The number of unbranched alkanes of at least 4 members (excludes halogenated alkanes) is 4. The van der Waals surface area contributed by atoms with Crippen LogP contribution in [0, 0.1) is 51.7 Å². The van der Waals surface area contributed by atoms with E-state index >= 15 is 0 Å². The zero-order chi connectivity index (χ0) is 22.1. The van der Waals surface area contributed by atoms with Crippen LogP contribution < -0.4 is 0 Å². The molecule has 0 aliphatic carbocycles. The molecule has 1 rings (SSSR count). The molecule has 154 valence electrons. The van der Waals surface area contributed by atoms with Gasteiger partial charge in [-0.3, -0.25) is 0 Å². The third kappa shape index (κ3) is 64.5. The van der Waals surface area contributed by atoms with Gasteiger partial charge in [0.25, 0.3) is 0 Å². The molecule has 0 bridgehead atoms. The van der Waals surface area contributed by atoms with Crippen molar-refractivity contribution >= 4 is 0 Å². The minimum absolute atomic E-state index is 0. The van der Waals surface area contributed by atoms with Gasteiger partial charge in [-0.25, -0.2) is 0 Å². The van der Waals surface area contributed by atoms with Gasteiger partial charge in [0.1, 0.15) is 5.76 Å². The molecule has 0 saturated carbocycles. The normalized spacial score (nSPS) is 5.18. The van der Waals surface area contributed by atoms with Crippen molar-refractivity contribution in [3.05, 3.63) is 64.1 Å². The molecule has 2 radical (unpaired) electrons. The van der Waals surface area contributed by atoms with Crippen molar-refractivity contribution in [2.45, 2.75) is 45.4 Å². The summed E-state index contributed by atoms with van der Waals surface area (Å²) in [5.74, 6) is 7.26. The monoisotopic (exact) mass is 476 g/mol. The van der Waals surface area contributed by atoms with Crippen LogP contribution in [0.4, 0.5) is 0 Å². The van der Waals surface area contributed by atoms with E-state index in [-0.39, 0.29) is 33.6 Å². The maximum absolute atomic E-state index is 7.50. The smallest absolute Gasteiger partial charge is 0 e. The molecule has 28 heavy (non-hydrogen) atoms. The zero-order valence-electron chi connectivity index (χ0n) is 15.0. The van der Waals surface area contributed by atoms with Crippen LogP contribution >= 0.6 is 0 Å². The molecule has 1 aromatic heterocycles. The Morgan fingerprint density at radius 2 is 1.21 bits per heavy atom. The van der Waals surface area contributed by atoms with Gasteiger partial charge in [-0.05, 0) is 18.6 Å². The van der Waals surface area contributed by atoms with E-state index in [0.717, 1.165) is 18.6 Å². The Morgan fingerprint density at radius 3 is 1.57 bits per heavy atom. The van der Waals surface area contributed by atoms with E-state index in [9.17, 15) is 0 Å². The SMILES string of the molecule is CCCCCCC#CCc1ccco1.[C-]#[O+].[C-]#[O+].[C-]#[O+].[C-]#[O+].[C-]#[O+].[C-]#[O+].[Co].[Co]. The van der Waals surface area contributed by atoms with Crippen molar-refractivity contribution in [3.63, 3.8) is 0 Å². The second-order valence-corrected chi connectivity index (χ2v) is 3.42.